The third-order valence-electron chi connectivity index (χ3n) is 2.85. The largest absolute Gasteiger partial charge is 0.256 e. The van der Waals surface area contributed by atoms with Gasteiger partial charge in [-0.15, -0.1) is 5.73 Å². The number of hydrogen-bond donors (Lipinski definition) is 0. The second-order valence-corrected chi connectivity index (χ2v) is 5.34. The molecule has 1 aliphatic carbocycles. The molecule has 1 unspecified atom stereocenters. The van der Waals surface area contributed by atoms with Crippen LogP contribution in [-0.4, -0.2) is 11.2 Å². The molecule has 1 aliphatic rings. The first-order valence-corrected chi connectivity index (χ1v) is 5.83. The predicted octanol–water partition coefficient (Wildman–Crippen LogP) is 4.12. The molecule has 1 heterocycles. The van der Waals surface area contributed by atoms with E-state index in [-0.39, 0.29) is 11.0 Å². The lowest BCUT2D eigenvalue weighted by Gasteiger charge is -2.20. The van der Waals surface area contributed by atoms with Gasteiger partial charge >= 0.3 is 0 Å². The number of allylic oxidation sites excluding steroid dienone is 3. The van der Waals surface area contributed by atoms with Crippen molar-refractivity contribution in [3.05, 3.63) is 53.3 Å². The Morgan fingerprint density at radius 2 is 2.06 bits per heavy atom. The topological polar surface area (TPSA) is 12.9 Å². The normalized spacial score (nSPS) is 19.5. The van der Waals surface area contributed by atoms with Gasteiger partial charge < -0.3 is 0 Å². The van der Waals surface area contributed by atoms with E-state index in [1.165, 1.54) is 0 Å². The van der Waals surface area contributed by atoms with Crippen molar-refractivity contribution in [3.63, 3.8) is 0 Å². The Balaban J connectivity index is 2.45. The molecule has 0 fully saturated rings. The van der Waals surface area contributed by atoms with E-state index in [4.69, 9.17) is 0 Å². The molecule has 0 aliphatic heterocycles. The monoisotopic (exact) mass is 247 g/mol. The Morgan fingerprint density at radius 3 is 2.67 bits per heavy atom. The molecular weight excluding hydrogens is 232 g/mol. The molecule has 1 aromatic rings. The lowest BCUT2D eigenvalue weighted by atomic mass is 9.86. The van der Waals surface area contributed by atoms with E-state index >= 15 is 0 Å². The van der Waals surface area contributed by atoms with E-state index in [9.17, 15) is 8.78 Å². The fraction of sp³-hybridized carbons (Fsp3) is 0.333. The van der Waals surface area contributed by atoms with Crippen LogP contribution in [0.1, 0.15) is 32.0 Å². The molecule has 0 radical (unpaired) electrons. The van der Waals surface area contributed by atoms with Crippen LogP contribution in [-0.2, 0) is 5.41 Å². The quantitative estimate of drug-likeness (QED) is 0.680. The van der Waals surface area contributed by atoms with Crippen LogP contribution in [0.5, 0.6) is 0 Å². The Hall–Kier alpha value is -1.73. The number of aromatic nitrogens is 1. The Labute approximate surface area is 106 Å². The van der Waals surface area contributed by atoms with Gasteiger partial charge in [-0.3, -0.25) is 4.98 Å². The van der Waals surface area contributed by atoms with Crippen LogP contribution in [0.15, 0.2) is 42.0 Å². The first-order valence-electron chi connectivity index (χ1n) is 5.83. The number of hydrogen-bond acceptors (Lipinski definition) is 1. The van der Waals surface area contributed by atoms with Crippen molar-refractivity contribution >= 4 is 5.57 Å². The molecule has 0 amide bonds. The third-order valence-corrected chi connectivity index (χ3v) is 2.85. The molecule has 0 saturated carbocycles. The Morgan fingerprint density at radius 1 is 1.33 bits per heavy atom. The molecule has 0 bridgehead atoms. The van der Waals surface area contributed by atoms with Gasteiger partial charge in [0.1, 0.15) is 5.83 Å². The zero-order valence-corrected chi connectivity index (χ0v) is 10.7. The van der Waals surface area contributed by atoms with E-state index in [2.05, 4.69) is 31.5 Å². The van der Waals surface area contributed by atoms with E-state index in [1.54, 1.807) is 6.20 Å². The summed E-state index contributed by atoms with van der Waals surface area (Å²) in [6, 6.07) is 3.74. The van der Waals surface area contributed by atoms with Gasteiger partial charge in [0, 0.05) is 12.3 Å². The molecule has 2 rings (SSSR count). The summed E-state index contributed by atoms with van der Waals surface area (Å²) in [4.78, 5) is 4.14. The smallest absolute Gasteiger partial charge is 0.156 e. The molecule has 0 aromatic carbocycles. The minimum atomic E-state index is -1.49. The maximum atomic E-state index is 13.7. The number of nitrogens with zero attached hydrogens (tertiary/aromatic N) is 1. The van der Waals surface area contributed by atoms with Gasteiger partial charge in [-0.25, -0.2) is 8.78 Å². The zero-order chi connectivity index (χ0) is 13.3. The van der Waals surface area contributed by atoms with Gasteiger partial charge in [0.15, 0.2) is 6.17 Å². The summed E-state index contributed by atoms with van der Waals surface area (Å²) < 4.78 is 26.6. The first kappa shape index (κ1) is 12.7. The molecule has 0 spiro atoms. The Bertz CT molecular complexity index is 558. The van der Waals surface area contributed by atoms with Crippen molar-refractivity contribution in [2.75, 3.05) is 0 Å². The highest BCUT2D eigenvalue weighted by Gasteiger charge is 2.20. The number of pyridine rings is 1. The van der Waals surface area contributed by atoms with Crippen molar-refractivity contribution < 1.29 is 8.78 Å². The standard InChI is InChI=1S/C15H15F2N/c1-15(2,3)10-6-7-18-14(8-10)12-5-4-11(16)9-13(12)17/h4,6-9,13H,1-3H3. The Kier molecular flexibility index (Phi) is 3.18. The second-order valence-electron chi connectivity index (χ2n) is 5.34. The van der Waals surface area contributed by atoms with Crippen LogP contribution >= 0.6 is 0 Å². The highest BCUT2D eigenvalue weighted by Crippen LogP contribution is 2.28. The van der Waals surface area contributed by atoms with E-state index < -0.39 is 12.0 Å². The molecule has 1 nitrogen and oxygen atoms in total. The summed E-state index contributed by atoms with van der Waals surface area (Å²) in [5.41, 5.74) is 4.43. The molecule has 3 heteroatoms. The molecule has 0 saturated heterocycles. The maximum absolute atomic E-state index is 13.7. The van der Waals surface area contributed by atoms with Gasteiger partial charge in [-0.2, -0.15) is 0 Å². The van der Waals surface area contributed by atoms with Gasteiger partial charge in [0.05, 0.1) is 11.3 Å². The molecule has 0 N–H and O–H groups in total. The van der Waals surface area contributed by atoms with Crippen LogP contribution in [0.4, 0.5) is 8.78 Å². The molecule has 18 heavy (non-hydrogen) atoms. The van der Waals surface area contributed by atoms with Crippen molar-refractivity contribution in [2.24, 2.45) is 0 Å². The second kappa shape index (κ2) is 4.51. The molecule has 1 aromatic heterocycles. The van der Waals surface area contributed by atoms with Crippen LogP contribution < -0.4 is 0 Å². The fourth-order valence-electron chi connectivity index (χ4n) is 1.76. The summed E-state index contributed by atoms with van der Waals surface area (Å²) in [5.74, 6) is -0.599. The summed E-state index contributed by atoms with van der Waals surface area (Å²) in [6.07, 6.45) is 2.22. The van der Waals surface area contributed by atoms with Gasteiger partial charge in [0.25, 0.3) is 0 Å². The zero-order valence-electron chi connectivity index (χ0n) is 10.7. The summed E-state index contributed by atoms with van der Waals surface area (Å²) >= 11 is 0. The third kappa shape index (κ3) is 2.57. The lowest BCUT2D eigenvalue weighted by molar-refractivity contribution is 0.468. The highest BCUT2D eigenvalue weighted by molar-refractivity contribution is 5.69. The average molecular weight is 247 g/mol. The predicted molar refractivity (Wildman–Crippen MR) is 68.5 cm³/mol. The van der Waals surface area contributed by atoms with Crippen molar-refractivity contribution in [2.45, 2.75) is 32.4 Å². The fourth-order valence-corrected chi connectivity index (χ4v) is 1.76. The first-order chi connectivity index (χ1) is 8.38. The summed E-state index contributed by atoms with van der Waals surface area (Å²) in [7, 11) is 0. The lowest BCUT2D eigenvalue weighted by Crippen LogP contribution is -2.12. The number of rotatable bonds is 1. The summed E-state index contributed by atoms with van der Waals surface area (Å²) in [5, 5.41) is 0. The van der Waals surface area contributed by atoms with E-state index in [1.807, 2.05) is 12.1 Å². The van der Waals surface area contributed by atoms with Crippen molar-refractivity contribution in [3.8, 4) is 0 Å². The van der Waals surface area contributed by atoms with Gasteiger partial charge in [0.2, 0.25) is 0 Å². The highest BCUT2D eigenvalue weighted by atomic mass is 19.1. The number of alkyl halides is 1. The van der Waals surface area contributed by atoms with Crippen molar-refractivity contribution in [1.82, 2.24) is 4.98 Å². The van der Waals surface area contributed by atoms with Crippen LogP contribution in [0.3, 0.4) is 0 Å². The van der Waals surface area contributed by atoms with E-state index in [0.29, 0.717) is 5.69 Å². The molecule has 1 atom stereocenters. The van der Waals surface area contributed by atoms with Crippen molar-refractivity contribution in [1.29, 1.82) is 0 Å². The van der Waals surface area contributed by atoms with Crippen LogP contribution in [0, 0.1) is 0 Å². The van der Waals surface area contributed by atoms with Gasteiger partial charge in [-0.1, -0.05) is 20.8 Å². The van der Waals surface area contributed by atoms with Gasteiger partial charge in [-0.05, 0) is 29.2 Å². The maximum Gasteiger partial charge on any atom is 0.156 e. The SMILES string of the molecule is CC(C)(C)c1ccnc(C2=C=CC(F)=CC2F)c1. The van der Waals surface area contributed by atoms with Crippen LogP contribution in [0.2, 0.25) is 0 Å². The molecular formula is C15H15F2N. The average Bonchev–Trinajstić information content (AvgIpc) is 2.28. The minimum Gasteiger partial charge on any atom is -0.256 e. The summed E-state index contributed by atoms with van der Waals surface area (Å²) in [6.45, 7) is 6.22. The minimum absolute atomic E-state index is 0.0382. The van der Waals surface area contributed by atoms with E-state index in [0.717, 1.165) is 17.7 Å². The number of halogens is 2. The molecule has 94 valence electrons. The van der Waals surface area contributed by atoms with Crippen LogP contribution in [0.25, 0.3) is 5.57 Å².